The molecule has 0 aliphatic carbocycles. The molecule has 0 rings (SSSR count). The SMILES string of the molecule is C=C(C)[C@H](O)[C@H](CC)CO. The van der Waals surface area contributed by atoms with Crippen molar-refractivity contribution in [3.8, 4) is 0 Å². The van der Waals surface area contributed by atoms with Crippen molar-refractivity contribution in [2.45, 2.75) is 26.4 Å². The zero-order valence-corrected chi connectivity index (χ0v) is 6.67. The summed E-state index contributed by atoms with van der Waals surface area (Å²) in [4.78, 5) is 0. The third-order valence-electron chi connectivity index (χ3n) is 1.71. The lowest BCUT2D eigenvalue weighted by Crippen LogP contribution is -2.23. The van der Waals surface area contributed by atoms with Gasteiger partial charge in [-0.25, -0.2) is 0 Å². The molecule has 0 heterocycles. The summed E-state index contributed by atoms with van der Waals surface area (Å²) in [6.07, 6.45) is 0.236. The van der Waals surface area contributed by atoms with Crippen LogP contribution in [0, 0.1) is 5.92 Å². The fourth-order valence-corrected chi connectivity index (χ4v) is 0.855. The Morgan fingerprint density at radius 3 is 2.20 bits per heavy atom. The van der Waals surface area contributed by atoms with Crippen LogP contribution in [-0.4, -0.2) is 22.9 Å². The van der Waals surface area contributed by atoms with Crippen LogP contribution in [0.3, 0.4) is 0 Å². The quantitative estimate of drug-likeness (QED) is 0.576. The van der Waals surface area contributed by atoms with Gasteiger partial charge >= 0.3 is 0 Å². The first kappa shape index (κ1) is 9.66. The molecule has 0 saturated carbocycles. The zero-order valence-electron chi connectivity index (χ0n) is 6.67. The van der Waals surface area contributed by atoms with Crippen molar-refractivity contribution in [1.29, 1.82) is 0 Å². The van der Waals surface area contributed by atoms with Crippen LogP contribution < -0.4 is 0 Å². The summed E-state index contributed by atoms with van der Waals surface area (Å²) in [5.41, 5.74) is 0.723. The molecule has 0 aromatic rings. The van der Waals surface area contributed by atoms with E-state index in [9.17, 15) is 5.11 Å². The van der Waals surface area contributed by atoms with Crippen LogP contribution >= 0.6 is 0 Å². The Bertz CT molecular complexity index is 106. The predicted octanol–water partition coefficient (Wildman–Crippen LogP) is 0.942. The summed E-state index contributed by atoms with van der Waals surface area (Å²) in [7, 11) is 0. The lowest BCUT2D eigenvalue weighted by molar-refractivity contribution is 0.0905. The average Bonchev–Trinajstić information content (AvgIpc) is 1.90. The predicted molar refractivity (Wildman–Crippen MR) is 41.7 cm³/mol. The maximum atomic E-state index is 9.33. The minimum absolute atomic E-state index is 0.0323. The summed E-state index contributed by atoms with van der Waals surface area (Å²) in [5.74, 6) is -0.0440. The number of hydrogen-bond acceptors (Lipinski definition) is 2. The molecule has 0 bridgehead atoms. The normalized spacial score (nSPS) is 16.4. The number of rotatable bonds is 4. The van der Waals surface area contributed by atoms with Gasteiger partial charge in [-0.1, -0.05) is 19.1 Å². The van der Waals surface area contributed by atoms with Gasteiger partial charge in [0, 0.05) is 12.5 Å². The van der Waals surface area contributed by atoms with Crippen LogP contribution in [0.1, 0.15) is 20.3 Å². The van der Waals surface area contributed by atoms with Crippen LogP contribution in [-0.2, 0) is 0 Å². The van der Waals surface area contributed by atoms with Gasteiger partial charge in [-0.2, -0.15) is 0 Å². The second-order valence-electron chi connectivity index (χ2n) is 2.64. The van der Waals surface area contributed by atoms with Gasteiger partial charge in [-0.3, -0.25) is 0 Å². The maximum Gasteiger partial charge on any atom is 0.0794 e. The molecule has 0 amide bonds. The Hall–Kier alpha value is -0.340. The minimum Gasteiger partial charge on any atom is -0.396 e. The molecule has 0 spiro atoms. The summed E-state index contributed by atoms with van der Waals surface area (Å²) >= 11 is 0. The van der Waals surface area contributed by atoms with E-state index in [4.69, 9.17) is 5.11 Å². The van der Waals surface area contributed by atoms with Crippen molar-refractivity contribution in [2.75, 3.05) is 6.61 Å². The first-order chi connectivity index (χ1) is 4.63. The van der Waals surface area contributed by atoms with E-state index < -0.39 is 6.10 Å². The van der Waals surface area contributed by atoms with Crippen molar-refractivity contribution in [2.24, 2.45) is 5.92 Å². The highest BCUT2D eigenvalue weighted by Crippen LogP contribution is 2.13. The van der Waals surface area contributed by atoms with Gasteiger partial charge in [0.25, 0.3) is 0 Å². The molecule has 2 nitrogen and oxygen atoms in total. The van der Waals surface area contributed by atoms with Gasteiger partial charge in [0.15, 0.2) is 0 Å². The number of hydrogen-bond donors (Lipinski definition) is 2. The molecule has 0 fully saturated rings. The molecule has 0 aliphatic heterocycles. The summed E-state index contributed by atoms with van der Waals surface area (Å²) in [5, 5.41) is 18.1. The first-order valence-corrected chi connectivity index (χ1v) is 3.57. The molecule has 2 heteroatoms. The van der Waals surface area contributed by atoms with E-state index in [0.717, 1.165) is 12.0 Å². The number of aliphatic hydroxyl groups excluding tert-OH is 2. The van der Waals surface area contributed by atoms with Crippen LogP contribution in [0.5, 0.6) is 0 Å². The van der Waals surface area contributed by atoms with Crippen molar-refractivity contribution in [1.82, 2.24) is 0 Å². The Morgan fingerprint density at radius 1 is 1.60 bits per heavy atom. The maximum absolute atomic E-state index is 9.33. The minimum atomic E-state index is -0.546. The second kappa shape index (κ2) is 4.47. The standard InChI is InChI=1S/C8H16O2/c1-4-7(5-9)8(10)6(2)3/h7-10H,2,4-5H2,1,3H3/t7-,8+/m1/s1. The lowest BCUT2D eigenvalue weighted by atomic mass is 9.96. The molecule has 0 radical (unpaired) electrons. The molecule has 0 aromatic carbocycles. The highest BCUT2D eigenvalue weighted by atomic mass is 16.3. The fourth-order valence-electron chi connectivity index (χ4n) is 0.855. The van der Waals surface area contributed by atoms with Crippen LogP contribution in [0.4, 0.5) is 0 Å². The van der Waals surface area contributed by atoms with E-state index in [1.54, 1.807) is 6.92 Å². The first-order valence-electron chi connectivity index (χ1n) is 3.57. The van der Waals surface area contributed by atoms with Crippen molar-refractivity contribution >= 4 is 0 Å². The Kier molecular flexibility index (Phi) is 4.32. The van der Waals surface area contributed by atoms with E-state index in [2.05, 4.69) is 6.58 Å². The number of aliphatic hydroxyl groups is 2. The lowest BCUT2D eigenvalue weighted by Gasteiger charge is -2.18. The summed E-state index contributed by atoms with van der Waals surface area (Å²) < 4.78 is 0. The van der Waals surface area contributed by atoms with Gasteiger partial charge in [0.2, 0.25) is 0 Å². The molecule has 60 valence electrons. The van der Waals surface area contributed by atoms with E-state index >= 15 is 0 Å². The summed E-state index contributed by atoms with van der Waals surface area (Å²) in [6, 6.07) is 0. The van der Waals surface area contributed by atoms with Crippen molar-refractivity contribution in [3.05, 3.63) is 12.2 Å². The second-order valence-corrected chi connectivity index (χ2v) is 2.64. The van der Waals surface area contributed by atoms with Gasteiger partial charge in [0.1, 0.15) is 0 Å². The third kappa shape index (κ3) is 2.50. The molecule has 2 atom stereocenters. The molecular formula is C8H16O2. The third-order valence-corrected chi connectivity index (χ3v) is 1.71. The van der Waals surface area contributed by atoms with Crippen LogP contribution in [0.2, 0.25) is 0 Å². The van der Waals surface area contributed by atoms with Gasteiger partial charge in [-0.05, 0) is 13.3 Å². The van der Waals surface area contributed by atoms with E-state index in [0.29, 0.717) is 0 Å². The van der Waals surface area contributed by atoms with Crippen LogP contribution in [0.15, 0.2) is 12.2 Å². The molecule has 0 aliphatic rings. The molecule has 10 heavy (non-hydrogen) atoms. The fraction of sp³-hybridized carbons (Fsp3) is 0.750. The largest absolute Gasteiger partial charge is 0.396 e. The summed E-state index contributed by atoms with van der Waals surface area (Å²) in [6.45, 7) is 7.35. The van der Waals surface area contributed by atoms with Crippen LogP contribution in [0.25, 0.3) is 0 Å². The Balaban J connectivity index is 3.88. The molecule has 0 aromatic heterocycles. The monoisotopic (exact) mass is 144 g/mol. The molecule has 0 unspecified atom stereocenters. The smallest absolute Gasteiger partial charge is 0.0794 e. The zero-order chi connectivity index (χ0) is 8.15. The van der Waals surface area contributed by atoms with E-state index in [1.807, 2.05) is 6.92 Å². The molecule has 2 N–H and O–H groups in total. The average molecular weight is 144 g/mol. The van der Waals surface area contributed by atoms with E-state index in [-0.39, 0.29) is 12.5 Å². The van der Waals surface area contributed by atoms with Gasteiger partial charge in [-0.15, -0.1) is 0 Å². The van der Waals surface area contributed by atoms with Crippen molar-refractivity contribution in [3.63, 3.8) is 0 Å². The van der Waals surface area contributed by atoms with Gasteiger partial charge in [0.05, 0.1) is 6.10 Å². The Labute approximate surface area is 62.2 Å². The molecular weight excluding hydrogens is 128 g/mol. The molecule has 0 saturated heterocycles. The highest BCUT2D eigenvalue weighted by Gasteiger charge is 2.15. The van der Waals surface area contributed by atoms with Gasteiger partial charge < -0.3 is 10.2 Å². The highest BCUT2D eigenvalue weighted by molar-refractivity contribution is 4.99. The Morgan fingerprint density at radius 2 is 2.10 bits per heavy atom. The van der Waals surface area contributed by atoms with Crippen molar-refractivity contribution < 1.29 is 10.2 Å². The topological polar surface area (TPSA) is 40.5 Å². The van der Waals surface area contributed by atoms with E-state index in [1.165, 1.54) is 0 Å².